The van der Waals surface area contributed by atoms with Crippen molar-refractivity contribution in [2.45, 2.75) is 58.2 Å². The fourth-order valence-corrected chi connectivity index (χ4v) is 9.09. The molecule has 0 saturated carbocycles. The van der Waals surface area contributed by atoms with Crippen molar-refractivity contribution < 1.29 is 9.16 Å². The highest BCUT2D eigenvalue weighted by Gasteiger charge is 2.47. The topological polar surface area (TPSA) is 36.2 Å². The summed E-state index contributed by atoms with van der Waals surface area (Å²) in [6.07, 6.45) is 1.53. The molecule has 0 bridgehead atoms. The largest absolute Gasteiger partial charge is 0.618 e. The molecule has 0 amide bonds. The smallest absolute Gasteiger partial charge is 0.258 e. The maximum absolute atomic E-state index is 12.0. The predicted molar refractivity (Wildman–Crippen MR) is 94.6 cm³/mol. The van der Waals surface area contributed by atoms with Gasteiger partial charge in [-0.25, -0.2) is 0 Å². The Kier molecular flexibility index (Phi) is 4.80. The Morgan fingerprint density at radius 2 is 1.50 bits per heavy atom. The molecule has 1 heterocycles. The van der Waals surface area contributed by atoms with E-state index in [1.807, 2.05) is 24.3 Å². The second-order valence-corrected chi connectivity index (χ2v) is 12.3. The normalized spacial score (nSPS) is 12.6. The first-order chi connectivity index (χ1) is 10.3. The van der Waals surface area contributed by atoms with E-state index in [2.05, 4.69) is 41.5 Å². The molecule has 2 rings (SSSR count). The lowest BCUT2D eigenvalue weighted by atomic mass is 10.2. The van der Waals surface area contributed by atoms with Crippen LogP contribution in [0.1, 0.15) is 41.5 Å². The molecular weight excluding hydrogens is 290 g/mol. The Labute approximate surface area is 134 Å². The lowest BCUT2D eigenvalue weighted by Gasteiger charge is -2.42. The number of aromatic nitrogens is 1. The van der Waals surface area contributed by atoms with Gasteiger partial charge in [-0.2, -0.15) is 4.73 Å². The van der Waals surface area contributed by atoms with Crippen LogP contribution in [0, 0.1) is 5.21 Å². The zero-order valence-electron chi connectivity index (χ0n) is 14.5. The summed E-state index contributed by atoms with van der Waals surface area (Å²) >= 11 is 0. The number of rotatable bonds is 5. The van der Waals surface area contributed by atoms with Gasteiger partial charge in [-0.05, 0) is 28.8 Å². The van der Waals surface area contributed by atoms with Gasteiger partial charge >= 0.3 is 0 Å². The third kappa shape index (κ3) is 2.72. The monoisotopic (exact) mass is 317 g/mol. The molecule has 22 heavy (non-hydrogen) atoms. The molecule has 2 aromatic rings. The first kappa shape index (κ1) is 16.8. The summed E-state index contributed by atoms with van der Waals surface area (Å²) in [5.74, 6) is 0.852. The standard InChI is InChI=1S/C18H27NO2Si/c1-13(2)22(14(3)4,15(5)6)21-18-11-7-10-17-16(18)9-8-12-19(17)20/h7-15H,1-6H3. The minimum Gasteiger partial charge on any atom is -0.618 e. The van der Waals surface area contributed by atoms with Crippen molar-refractivity contribution in [3.63, 3.8) is 0 Å². The molecule has 0 unspecified atom stereocenters. The van der Waals surface area contributed by atoms with E-state index < -0.39 is 8.32 Å². The molecule has 1 aromatic carbocycles. The van der Waals surface area contributed by atoms with E-state index in [9.17, 15) is 5.21 Å². The van der Waals surface area contributed by atoms with Crippen LogP contribution in [-0.2, 0) is 0 Å². The minimum atomic E-state index is -2.01. The van der Waals surface area contributed by atoms with Gasteiger partial charge in [0.25, 0.3) is 8.32 Å². The number of fused-ring (bicyclic) bond motifs is 1. The lowest BCUT2D eigenvalue weighted by molar-refractivity contribution is -0.577. The highest BCUT2D eigenvalue weighted by molar-refractivity contribution is 6.78. The first-order valence-corrected chi connectivity index (χ1v) is 10.2. The SMILES string of the molecule is CC(C)[Si](Oc1cccc2c1ccc[n+]2[O-])(C(C)C)C(C)C. The number of benzene rings is 1. The molecule has 120 valence electrons. The van der Waals surface area contributed by atoms with Crippen molar-refractivity contribution in [3.05, 3.63) is 41.7 Å². The van der Waals surface area contributed by atoms with E-state index in [0.29, 0.717) is 22.1 Å². The molecule has 1 aromatic heterocycles. The quantitative estimate of drug-likeness (QED) is 0.440. The zero-order valence-corrected chi connectivity index (χ0v) is 15.5. The van der Waals surface area contributed by atoms with Gasteiger partial charge in [-0.1, -0.05) is 47.6 Å². The lowest BCUT2D eigenvalue weighted by Crippen LogP contribution is -2.50. The summed E-state index contributed by atoms with van der Waals surface area (Å²) in [5.41, 5.74) is 2.18. The molecule has 0 aliphatic rings. The Hall–Kier alpha value is -1.55. The van der Waals surface area contributed by atoms with Gasteiger partial charge in [0, 0.05) is 12.1 Å². The van der Waals surface area contributed by atoms with Crippen LogP contribution in [0.15, 0.2) is 36.5 Å². The minimum absolute atomic E-state index is 0.505. The summed E-state index contributed by atoms with van der Waals surface area (Å²) in [6, 6.07) is 9.51. The van der Waals surface area contributed by atoms with Crippen molar-refractivity contribution in [3.8, 4) is 5.75 Å². The van der Waals surface area contributed by atoms with Crippen LogP contribution in [-0.4, -0.2) is 8.32 Å². The summed E-state index contributed by atoms with van der Waals surface area (Å²) in [6.45, 7) is 13.6. The Bertz CT molecular complexity index is 631. The van der Waals surface area contributed by atoms with Crippen LogP contribution in [0.2, 0.25) is 16.6 Å². The summed E-state index contributed by atoms with van der Waals surface area (Å²) in [7, 11) is -2.01. The second-order valence-electron chi connectivity index (χ2n) is 6.94. The highest BCUT2D eigenvalue weighted by Crippen LogP contribution is 2.43. The molecule has 0 aliphatic heterocycles. The third-order valence-electron chi connectivity index (χ3n) is 4.76. The van der Waals surface area contributed by atoms with E-state index in [4.69, 9.17) is 4.43 Å². The van der Waals surface area contributed by atoms with Gasteiger partial charge in [-0.3, -0.25) is 0 Å². The van der Waals surface area contributed by atoms with Crippen molar-refractivity contribution in [1.29, 1.82) is 0 Å². The van der Waals surface area contributed by atoms with E-state index in [0.717, 1.165) is 15.9 Å². The molecule has 0 N–H and O–H groups in total. The van der Waals surface area contributed by atoms with Crippen LogP contribution >= 0.6 is 0 Å². The Balaban J connectivity index is 2.59. The summed E-state index contributed by atoms with van der Waals surface area (Å²) < 4.78 is 7.65. The molecular formula is C18H27NO2Si. The van der Waals surface area contributed by atoms with Crippen molar-refractivity contribution >= 4 is 19.2 Å². The van der Waals surface area contributed by atoms with Crippen LogP contribution in [0.3, 0.4) is 0 Å². The maximum atomic E-state index is 12.0. The number of hydrogen-bond donors (Lipinski definition) is 0. The first-order valence-electron chi connectivity index (χ1n) is 8.10. The third-order valence-corrected chi connectivity index (χ3v) is 10.7. The fourth-order valence-electron chi connectivity index (χ4n) is 3.82. The molecule has 4 heteroatoms. The molecule has 0 atom stereocenters. The van der Waals surface area contributed by atoms with Crippen molar-refractivity contribution in [1.82, 2.24) is 0 Å². The molecule has 0 radical (unpaired) electrons. The predicted octanol–water partition coefficient (Wildman–Crippen LogP) is 5.03. The van der Waals surface area contributed by atoms with Crippen LogP contribution in [0.5, 0.6) is 5.75 Å². The number of pyridine rings is 1. The molecule has 3 nitrogen and oxygen atoms in total. The van der Waals surface area contributed by atoms with Crippen molar-refractivity contribution in [2.24, 2.45) is 0 Å². The van der Waals surface area contributed by atoms with Gasteiger partial charge in [0.15, 0.2) is 6.20 Å². The number of hydrogen-bond acceptors (Lipinski definition) is 2. The Morgan fingerprint density at radius 3 is 2.05 bits per heavy atom. The molecule has 0 fully saturated rings. The molecule has 0 saturated heterocycles. The number of nitrogens with zero attached hydrogens (tertiary/aromatic N) is 1. The van der Waals surface area contributed by atoms with Gasteiger partial charge in [0.2, 0.25) is 5.52 Å². The molecule has 0 aliphatic carbocycles. The van der Waals surface area contributed by atoms with Gasteiger partial charge < -0.3 is 9.63 Å². The van der Waals surface area contributed by atoms with Crippen LogP contribution < -0.4 is 9.16 Å². The zero-order chi connectivity index (χ0) is 16.5. The van der Waals surface area contributed by atoms with Crippen LogP contribution in [0.4, 0.5) is 0 Å². The average molecular weight is 318 g/mol. The second kappa shape index (κ2) is 6.29. The van der Waals surface area contributed by atoms with Gasteiger partial charge in [0.1, 0.15) is 5.75 Å². The summed E-state index contributed by atoms with van der Waals surface area (Å²) in [4.78, 5) is 0. The highest BCUT2D eigenvalue weighted by atomic mass is 28.4. The fraction of sp³-hybridized carbons (Fsp3) is 0.500. The van der Waals surface area contributed by atoms with Crippen LogP contribution in [0.25, 0.3) is 10.9 Å². The van der Waals surface area contributed by atoms with E-state index >= 15 is 0 Å². The van der Waals surface area contributed by atoms with E-state index in [-0.39, 0.29) is 0 Å². The average Bonchev–Trinajstić information content (AvgIpc) is 2.44. The van der Waals surface area contributed by atoms with E-state index in [1.54, 1.807) is 6.07 Å². The molecule has 0 spiro atoms. The Morgan fingerprint density at radius 1 is 0.909 bits per heavy atom. The summed E-state index contributed by atoms with van der Waals surface area (Å²) in [5, 5.41) is 12.9. The maximum Gasteiger partial charge on any atom is 0.258 e. The van der Waals surface area contributed by atoms with Gasteiger partial charge in [-0.15, -0.1) is 0 Å². The van der Waals surface area contributed by atoms with Crippen molar-refractivity contribution in [2.75, 3.05) is 0 Å². The van der Waals surface area contributed by atoms with E-state index in [1.165, 1.54) is 6.20 Å². The van der Waals surface area contributed by atoms with Gasteiger partial charge in [0.05, 0.1) is 5.39 Å².